The number of carbonyl (C=O) groups is 1. The van der Waals surface area contributed by atoms with Crippen molar-refractivity contribution in [2.24, 2.45) is 0 Å². The van der Waals surface area contributed by atoms with Crippen molar-refractivity contribution in [3.8, 4) is 0 Å². The molecular formula is C12H15N2O. The fourth-order valence-corrected chi connectivity index (χ4v) is 1.92. The number of ketones is 1. The van der Waals surface area contributed by atoms with E-state index in [-0.39, 0.29) is 11.8 Å². The highest BCUT2D eigenvalue weighted by atomic mass is 16.1. The van der Waals surface area contributed by atoms with Crippen molar-refractivity contribution in [3.05, 3.63) is 35.4 Å². The molecule has 0 spiro atoms. The van der Waals surface area contributed by atoms with E-state index in [2.05, 4.69) is 10.6 Å². The molecule has 79 valence electrons. The molecule has 1 radical (unpaired) electrons. The van der Waals surface area contributed by atoms with Gasteiger partial charge in [-0.05, 0) is 12.5 Å². The zero-order chi connectivity index (χ0) is 10.7. The largest absolute Gasteiger partial charge is 0.313 e. The van der Waals surface area contributed by atoms with E-state index in [0.717, 1.165) is 30.8 Å². The molecule has 1 heterocycles. The smallest absolute Gasteiger partial charge is 0.160 e. The lowest BCUT2D eigenvalue weighted by Gasteiger charge is -2.24. The molecule has 1 unspecified atom stereocenters. The van der Waals surface area contributed by atoms with Crippen LogP contribution in [0.5, 0.6) is 0 Å². The van der Waals surface area contributed by atoms with Crippen molar-refractivity contribution in [2.45, 2.75) is 13.0 Å². The summed E-state index contributed by atoms with van der Waals surface area (Å²) in [6, 6.07) is 7.88. The van der Waals surface area contributed by atoms with E-state index in [1.165, 1.54) is 0 Å². The molecule has 0 bridgehead atoms. The second-order valence-electron chi connectivity index (χ2n) is 3.77. The average molecular weight is 203 g/mol. The zero-order valence-corrected chi connectivity index (χ0v) is 8.86. The Labute approximate surface area is 89.9 Å². The van der Waals surface area contributed by atoms with E-state index in [1.807, 2.05) is 24.3 Å². The first kappa shape index (κ1) is 10.3. The van der Waals surface area contributed by atoms with Gasteiger partial charge in [0.15, 0.2) is 5.78 Å². The molecular weight excluding hydrogens is 188 g/mol. The van der Waals surface area contributed by atoms with Crippen LogP contribution in [0.15, 0.2) is 24.3 Å². The molecule has 3 heteroatoms. The number of hydrogen-bond donors (Lipinski definition) is 1. The van der Waals surface area contributed by atoms with Gasteiger partial charge in [0.05, 0.1) is 6.04 Å². The Bertz CT molecular complexity index is 356. The Balaban J connectivity index is 2.29. The number of piperazine rings is 1. The minimum Gasteiger partial charge on any atom is -0.313 e. The van der Waals surface area contributed by atoms with Crippen LogP contribution in [0.1, 0.15) is 28.9 Å². The summed E-state index contributed by atoms with van der Waals surface area (Å²) in [5, 5.41) is 7.82. The van der Waals surface area contributed by atoms with Crippen LogP contribution < -0.4 is 10.6 Å². The molecule has 1 aliphatic heterocycles. The average Bonchev–Trinajstić information content (AvgIpc) is 2.30. The lowest BCUT2D eigenvalue weighted by Crippen LogP contribution is -2.39. The Morgan fingerprint density at radius 3 is 2.93 bits per heavy atom. The van der Waals surface area contributed by atoms with E-state index in [4.69, 9.17) is 0 Å². The van der Waals surface area contributed by atoms with Crippen molar-refractivity contribution in [1.29, 1.82) is 0 Å². The topological polar surface area (TPSA) is 43.2 Å². The van der Waals surface area contributed by atoms with E-state index in [0.29, 0.717) is 0 Å². The van der Waals surface area contributed by atoms with Crippen LogP contribution in [0, 0.1) is 0 Å². The molecule has 1 atom stereocenters. The molecule has 2 rings (SSSR count). The van der Waals surface area contributed by atoms with Gasteiger partial charge in [0, 0.05) is 25.2 Å². The molecule has 1 fully saturated rings. The van der Waals surface area contributed by atoms with E-state index >= 15 is 0 Å². The Kier molecular flexibility index (Phi) is 3.14. The lowest BCUT2D eigenvalue weighted by molar-refractivity contribution is 0.101. The lowest BCUT2D eigenvalue weighted by atomic mass is 9.97. The highest BCUT2D eigenvalue weighted by Crippen LogP contribution is 2.20. The Morgan fingerprint density at radius 1 is 1.47 bits per heavy atom. The summed E-state index contributed by atoms with van der Waals surface area (Å²) in [5.41, 5.74) is 1.85. The summed E-state index contributed by atoms with van der Waals surface area (Å²) in [7, 11) is 0. The third-order valence-electron chi connectivity index (χ3n) is 2.67. The van der Waals surface area contributed by atoms with Gasteiger partial charge < -0.3 is 5.32 Å². The first-order chi connectivity index (χ1) is 7.29. The van der Waals surface area contributed by atoms with Gasteiger partial charge >= 0.3 is 0 Å². The SMILES string of the molecule is CC(=O)c1ccccc1C1CNCC[N]1. The molecule has 1 aliphatic rings. The predicted molar refractivity (Wildman–Crippen MR) is 59.1 cm³/mol. The van der Waals surface area contributed by atoms with Crippen LogP contribution in [0.4, 0.5) is 0 Å². The van der Waals surface area contributed by atoms with Gasteiger partial charge in [-0.3, -0.25) is 4.79 Å². The Morgan fingerprint density at radius 2 is 2.27 bits per heavy atom. The van der Waals surface area contributed by atoms with Crippen LogP contribution in [0.25, 0.3) is 0 Å². The van der Waals surface area contributed by atoms with Gasteiger partial charge in [-0.1, -0.05) is 24.3 Å². The molecule has 1 N–H and O–H groups in total. The second kappa shape index (κ2) is 4.55. The molecule has 0 aromatic heterocycles. The zero-order valence-electron chi connectivity index (χ0n) is 8.86. The highest BCUT2D eigenvalue weighted by molar-refractivity contribution is 5.95. The summed E-state index contributed by atoms with van der Waals surface area (Å²) < 4.78 is 0. The molecule has 1 saturated heterocycles. The van der Waals surface area contributed by atoms with E-state index in [1.54, 1.807) is 6.92 Å². The third kappa shape index (κ3) is 2.25. The fourth-order valence-electron chi connectivity index (χ4n) is 1.92. The second-order valence-corrected chi connectivity index (χ2v) is 3.77. The van der Waals surface area contributed by atoms with Gasteiger partial charge in [0.2, 0.25) is 0 Å². The van der Waals surface area contributed by atoms with Crippen molar-refractivity contribution >= 4 is 5.78 Å². The maximum absolute atomic E-state index is 11.4. The number of hydrogen-bond acceptors (Lipinski definition) is 2. The normalized spacial score (nSPS) is 21.3. The summed E-state index contributed by atoms with van der Waals surface area (Å²) in [6.45, 7) is 4.22. The van der Waals surface area contributed by atoms with Crippen molar-refractivity contribution in [3.63, 3.8) is 0 Å². The number of benzene rings is 1. The van der Waals surface area contributed by atoms with Gasteiger partial charge in [-0.2, -0.15) is 0 Å². The molecule has 0 aliphatic carbocycles. The first-order valence-electron chi connectivity index (χ1n) is 5.26. The number of carbonyl (C=O) groups excluding carboxylic acids is 1. The van der Waals surface area contributed by atoms with E-state index < -0.39 is 0 Å². The molecule has 1 aromatic carbocycles. The van der Waals surface area contributed by atoms with Crippen LogP contribution in [0.3, 0.4) is 0 Å². The summed E-state index contributed by atoms with van der Waals surface area (Å²) in [4.78, 5) is 11.4. The van der Waals surface area contributed by atoms with Crippen LogP contribution >= 0.6 is 0 Å². The predicted octanol–water partition coefficient (Wildman–Crippen LogP) is 1.14. The maximum atomic E-state index is 11.4. The molecule has 0 saturated carbocycles. The Hall–Kier alpha value is -1.19. The van der Waals surface area contributed by atoms with Gasteiger partial charge in [-0.25, -0.2) is 5.32 Å². The number of Topliss-reactive ketones (excluding diaryl/α,β-unsaturated/α-hetero) is 1. The minimum atomic E-state index is 0.117. The molecule has 15 heavy (non-hydrogen) atoms. The minimum absolute atomic E-state index is 0.117. The highest BCUT2D eigenvalue weighted by Gasteiger charge is 2.19. The van der Waals surface area contributed by atoms with Crippen LogP contribution in [0.2, 0.25) is 0 Å². The number of rotatable bonds is 2. The quantitative estimate of drug-likeness (QED) is 0.732. The number of nitrogens with zero attached hydrogens (tertiary/aromatic N) is 1. The molecule has 1 aromatic rings. The van der Waals surface area contributed by atoms with Crippen LogP contribution in [-0.4, -0.2) is 25.4 Å². The fraction of sp³-hybridized carbons (Fsp3) is 0.417. The molecule has 0 amide bonds. The van der Waals surface area contributed by atoms with E-state index in [9.17, 15) is 4.79 Å². The summed E-state index contributed by atoms with van der Waals surface area (Å²) >= 11 is 0. The van der Waals surface area contributed by atoms with Crippen molar-refractivity contribution < 1.29 is 4.79 Å². The van der Waals surface area contributed by atoms with Crippen molar-refractivity contribution in [2.75, 3.05) is 19.6 Å². The monoisotopic (exact) mass is 203 g/mol. The third-order valence-corrected chi connectivity index (χ3v) is 2.67. The number of nitrogens with one attached hydrogen (secondary N) is 1. The summed E-state index contributed by atoms with van der Waals surface area (Å²) in [6.07, 6.45) is 0. The maximum Gasteiger partial charge on any atom is 0.160 e. The van der Waals surface area contributed by atoms with Crippen LogP contribution in [-0.2, 0) is 0 Å². The molecule has 3 nitrogen and oxygen atoms in total. The summed E-state index contributed by atoms with van der Waals surface area (Å²) in [5.74, 6) is 0.117. The van der Waals surface area contributed by atoms with Gasteiger partial charge in [-0.15, -0.1) is 0 Å². The van der Waals surface area contributed by atoms with Crippen molar-refractivity contribution in [1.82, 2.24) is 10.6 Å². The van der Waals surface area contributed by atoms with Gasteiger partial charge in [0.25, 0.3) is 0 Å². The standard InChI is InChI=1S/C12H15N2O/c1-9(15)10-4-2-3-5-11(10)12-8-13-6-7-14-12/h2-5,12-13H,6-8H2,1H3. The van der Waals surface area contributed by atoms with Gasteiger partial charge in [0.1, 0.15) is 0 Å². The first-order valence-corrected chi connectivity index (χ1v) is 5.26.